The Balaban J connectivity index is 1.42. The summed E-state index contributed by atoms with van der Waals surface area (Å²) in [5.41, 5.74) is 25.4. The van der Waals surface area contributed by atoms with Gasteiger partial charge in [-0.1, -0.05) is 141 Å². The number of fused-ring (bicyclic) bond motifs is 6. The minimum Gasteiger partial charge on any atom is -0.311 e. The fraction of sp³-hybridized carbons (Fsp3) is 0.474. The van der Waals surface area contributed by atoms with Crippen LogP contribution in [0.25, 0.3) is 0 Å². The van der Waals surface area contributed by atoms with Gasteiger partial charge in [-0.3, -0.25) is 0 Å². The molecule has 2 aliphatic heterocycles. The zero-order valence-corrected chi connectivity index (χ0v) is 40.4. The molecule has 9 rings (SSSR count). The maximum absolute atomic E-state index is 2.71. The fourth-order valence-electron chi connectivity index (χ4n) is 12.8. The molecule has 4 aliphatic rings. The first-order valence-electron chi connectivity index (χ1n) is 23.0. The summed E-state index contributed by atoms with van der Waals surface area (Å²) in [6.07, 6.45) is 2.29. The predicted molar refractivity (Wildman–Crippen MR) is 263 cm³/mol. The average Bonchev–Trinajstić information content (AvgIpc) is 3.43. The van der Waals surface area contributed by atoms with Crippen LogP contribution in [0, 0.1) is 13.8 Å². The summed E-state index contributed by atoms with van der Waals surface area (Å²) < 4.78 is 0. The van der Waals surface area contributed by atoms with Crippen LogP contribution in [0.1, 0.15) is 180 Å². The summed E-state index contributed by atoms with van der Waals surface area (Å²) in [5, 5.41) is 0. The molecule has 0 unspecified atom stereocenters. The lowest BCUT2D eigenvalue weighted by Gasteiger charge is -2.46. The Labute approximate surface area is 364 Å². The van der Waals surface area contributed by atoms with Crippen LogP contribution in [0.2, 0.25) is 0 Å². The van der Waals surface area contributed by atoms with Gasteiger partial charge in [-0.25, -0.2) is 0 Å². The number of rotatable bonds is 3. The van der Waals surface area contributed by atoms with Gasteiger partial charge in [0.15, 0.2) is 0 Å². The second kappa shape index (κ2) is 12.7. The summed E-state index contributed by atoms with van der Waals surface area (Å²) in [6.45, 7) is 43.4. The molecule has 0 amide bonds. The molecule has 60 heavy (non-hydrogen) atoms. The lowest BCUT2D eigenvalue weighted by Crippen LogP contribution is -2.61. The largest absolute Gasteiger partial charge is 0.311 e. The highest BCUT2D eigenvalue weighted by atomic mass is 15.2. The zero-order valence-electron chi connectivity index (χ0n) is 40.4. The molecule has 0 atom stereocenters. The Morgan fingerprint density at radius 3 is 1.65 bits per heavy atom. The van der Waals surface area contributed by atoms with Gasteiger partial charge in [-0.2, -0.15) is 0 Å². The van der Waals surface area contributed by atoms with Gasteiger partial charge in [0.2, 0.25) is 0 Å². The molecule has 0 bridgehead atoms. The lowest BCUT2D eigenvalue weighted by molar-refractivity contribution is 0.403. The number of nitrogens with zero attached hydrogens (tertiary/aromatic N) is 2. The molecule has 2 nitrogen and oxygen atoms in total. The summed E-state index contributed by atoms with van der Waals surface area (Å²) >= 11 is 0. The minimum atomic E-state index is -0.00576. The molecule has 312 valence electrons. The van der Waals surface area contributed by atoms with E-state index in [-0.39, 0.29) is 39.2 Å². The van der Waals surface area contributed by atoms with Crippen LogP contribution in [0.15, 0.2) is 72.8 Å². The zero-order chi connectivity index (χ0) is 43.6. The van der Waals surface area contributed by atoms with E-state index >= 15 is 0 Å². The molecule has 2 aliphatic carbocycles. The van der Waals surface area contributed by atoms with Crippen LogP contribution in [-0.2, 0) is 32.5 Å². The summed E-state index contributed by atoms with van der Waals surface area (Å²) in [4.78, 5) is 5.35. The van der Waals surface area contributed by atoms with E-state index in [1.54, 1.807) is 0 Å². The topological polar surface area (TPSA) is 6.48 Å². The molecule has 0 spiro atoms. The molecule has 5 aromatic carbocycles. The number of benzene rings is 5. The lowest BCUT2D eigenvalue weighted by atomic mass is 9.33. The predicted octanol–water partition coefficient (Wildman–Crippen LogP) is 14.0. The van der Waals surface area contributed by atoms with Crippen LogP contribution < -0.4 is 26.2 Å². The highest BCUT2D eigenvalue weighted by Gasteiger charge is 2.49. The van der Waals surface area contributed by atoms with Crippen molar-refractivity contribution in [2.45, 2.75) is 176 Å². The molecule has 5 aromatic rings. The van der Waals surface area contributed by atoms with Gasteiger partial charge in [-0.05, 0) is 174 Å². The van der Waals surface area contributed by atoms with Crippen molar-refractivity contribution in [1.29, 1.82) is 0 Å². The third kappa shape index (κ3) is 6.01. The standard InChI is InChI=1S/C57H71BN2/c1-33(2)38-25-35(4)47(29-40(38)53(8,9)10)60-48-30-43-42(56(15,16)32-57(43,17)18)28-45(48)58-44-26-36(52(5,6)7)19-22-46(44)59(49-23-34(3)24-50(60)51(49)58)37-20-21-39-41(27-37)55(13,14)31-54(39,11)12/h19-30,33H,31-32H2,1-18H3. The molecule has 0 aromatic heterocycles. The van der Waals surface area contributed by atoms with Crippen LogP contribution in [0.4, 0.5) is 34.1 Å². The SMILES string of the molecule is Cc1cc2c3c(c1)N(c1cc(C(C)(C)C)c(C(C)C)cc1C)c1cc4c(cc1B3c1cc(C(C)(C)C)ccc1N2c1ccc2c(c1)C(C)(C)CC2(C)C)C(C)(C)CC4(C)C. The Hall–Kier alpha value is -4.24. The third-order valence-electron chi connectivity index (χ3n) is 15.2. The van der Waals surface area contributed by atoms with Crippen LogP contribution in [0.3, 0.4) is 0 Å². The summed E-state index contributed by atoms with van der Waals surface area (Å²) in [5.74, 6) is 0.438. The number of hydrogen-bond donors (Lipinski definition) is 0. The molecule has 0 saturated heterocycles. The number of anilines is 6. The van der Waals surface area contributed by atoms with E-state index in [1.807, 2.05) is 0 Å². The molecule has 0 saturated carbocycles. The van der Waals surface area contributed by atoms with Crippen LogP contribution >= 0.6 is 0 Å². The monoisotopic (exact) mass is 795 g/mol. The van der Waals surface area contributed by atoms with Gasteiger partial charge < -0.3 is 9.80 Å². The number of aryl methyl sites for hydroxylation is 2. The summed E-state index contributed by atoms with van der Waals surface area (Å²) in [7, 11) is 0. The maximum atomic E-state index is 2.71. The minimum absolute atomic E-state index is 0.00549. The average molecular weight is 795 g/mol. The van der Waals surface area contributed by atoms with Crippen molar-refractivity contribution in [2.24, 2.45) is 0 Å². The second-order valence-electron chi connectivity index (χ2n) is 24.6. The normalized spacial score (nSPS) is 18.9. The van der Waals surface area contributed by atoms with Gasteiger partial charge in [0.05, 0.1) is 0 Å². The van der Waals surface area contributed by atoms with Gasteiger partial charge in [0.1, 0.15) is 0 Å². The van der Waals surface area contributed by atoms with E-state index in [4.69, 9.17) is 0 Å². The van der Waals surface area contributed by atoms with Crippen molar-refractivity contribution in [1.82, 2.24) is 0 Å². The van der Waals surface area contributed by atoms with Crippen LogP contribution in [0.5, 0.6) is 0 Å². The fourth-order valence-corrected chi connectivity index (χ4v) is 12.8. The Morgan fingerprint density at radius 1 is 0.517 bits per heavy atom. The first-order chi connectivity index (χ1) is 27.6. The second-order valence-corrected chi connectivity index (χ2v) is 24.6. The highest BCUT2D eigenvalue weighted by Crippen LogP contribution is 2.55. The molecule has 0 fully saturated rings. The van der Waals surface area contributed by atoms with Crippen molar-refractivity contribution in [2.75, 3.05) is 9.80 Å². The quantitative estimate of drug-likeness (QED) is 0.164. The Kier molecular flexibility index (Phi) is 8.69. The van der Waals surface area contributed by atoms with Gasteiger partial charge in [0.25, 0.3) is 6.71 Å². The van der Waals surface area contributed by atoms with Crippen molar-refractivity contribution in [3.63, 3.8) is 0 Å². The van der Waals surface area contributed by atoms with Crippen molar-refractivity contribution >= 4 is 57.2 Å². The van der Waals surface area contributed by atoms with E-state index in [2.05, 4.69) is 207 Å². The van der Waals surface area contributed by atoms with E-state index in [0.717, 1.165) is 12.8 Å². The summed E-state index contributed by atoms with van der Waals surface area (Å²) in [6, 6.07) is 30.3. The van der Waals surface area contributed by atoms with Crippen LogP contribution in [-0.4, -0.2) is 6.71 Å². The first-order valence-corrected chi connectivity index (χ1v) is 23.0. The molecule has 0 radical (unpaired) electrons. The van der Waals surface area contributed by atoms with E-state index in [0.29, 0.717) is 5.92 Å². The smallest absolute Gasteiger partial charge is 0.252 e. The molecule has 3 heteroatoms. The van der Waals surface area contributed by atoms with Gasteiger partial charge in [0, 0.05) is 34.1 Å². The van der Waals surface area contributed by atoms with E-state index < -0.39 is 0 Å². The molecular weight excluding hydrogens is 723 g/mol. The van der Waals surface area contributed by atoms with E-state index in [1.165, 1.54) is 101 Å². The van der Waals surface area contributed by atoms with Crippen molar-refractivity contribution in [3.05, 3.63) is 123 Å². The third-order valence-corrected chi connectivity index (χ3v) is 15.2. The Morgan fingerprint density at radius 2 is 1.07 bits per heavy atom. The van der Waals surface area contributed by atoms with Crippen molar-refractivity contribution in [3.8, 4) is 0 Å². The maximum Gasteiger partial charge on any atom is 0.252 e. The molecule has 2 heterocycles. The van der Waals surface area contributed by atoms with Gasteiger partial charge in [-0.15, -0.1) is 0 Å². The van der Waals surface area contributed by atoms with Gasteiger partial charge >= 0.3 is 0 Å². The highest BCUT2D eigenvalue weighted by molar-refractivity contribution is 7.00. The van der Waals surface area contributed by atoms with E-state index in [9.17, 15) is 0 Å². The first kappa shape index (κ1) is 41.1. The number of hydrogen-bond acceptors (Lipinski definition) is 2. The van der Waals surface area contributed by atoms with Crippen molar-refractivity contribution < 1.29 is 0 Å². The molecular formula is C57H71BN2. The Bertz CT molecular complexity index is 2630. The molecule has 0 N–H and O–H groups in total.